The Morgan fingerprint density at radius 1 is 1.10 bits per heavy atom. The molecule has 5 heteroatoms. The van der Waals surface area contributed by atoms with E-state index in [9.17, 15) is 4.79 Å². The fourth-order valence-corrected chi connectivity index (χ4v) is 3.14. The van der Waals surface area contributed by atoms with E-state index in [1.165, 1.54) is 5.57 Å². The Bertz CT molecular complexity index is 581. The van der Waals surface area contributed by atoms with Crippen LogP contribution in [0.3, 0.4) is 0 Å². The summed E-state index contributed by atoms with van der Waals surface area (Å²) >= 11 is 18.0. The number of carbonyl (C=O) groups is 1. The standard InChI is InChI=1S/C16H18Cl3NO/c1-10(11-4-2-3-5-16(11)21)6-7-20-15-9-13(18)12(17)8-14(15)19/h8-9,20H,2-7H2,1H3. The Morgan fingerprint density at radius 3 is 2.48 bits per heavy atom. The predicted molar refractivity (Wildman–Crippen MR) is 90.8 cm³/mol. The average molecular weight is 347 g/mol. The summed E-state index contributed by atoms with van der Waals surface area (Å²) in [5.41, 5.74) is 2.95. The van der Waals surface area contributed by atoms with Gasteiger partial charge in [-0.1, -0.05) is 40.4 Å². The molecule has 0 heterocycles. The van der Waals surface area contributed by atoms with Crippen molar-refractivity contribution >= 4 is 46.3 Å². The molecule has 1 N–H and O–H groups in total. The lowest BCUT2D eigenvalue weighted by Crippen LogP contribution is -2.12. The van der Waals surface area contributed by atoms with Crippen LogP contribution in [0.5, 0.6) is 0 Å². The quantitative estimate of drug-likeness (QED) is 0.542. The molecular formula is C16H18Cl3NO. The number of benzene rings is 1. The molecule has 0 saturated heterocycles. The van der Waals surface area contributed by atoms with Crippen molar-refractivity contribution in [2.45, 2.75) is 39.0 Å². The first-order chi connectivity index (χ1) is 9.99. The molecule has 21 heavy (non-hydrogen) atoms. The summed E-state index contributed by atoms with van der Waals surface area (Å²) in [5.74, 6) is 0.311. The first kappa shape index (κ1) is 16.7. The van der Waals surface area contributed by atoms with Crippen LogP contribution in [0.2, 0.25) is 15.1 Å². The normalized spacial score (nSPS) is 17.8. The fraction of sp³-hybridized carbons (Fsp3) is 0.438. The van der Waals surface area contributed by atoms with Gasteiger partial charge >= 0.3 is 0 Å². The summed E-state index contributed by atoms with van der Waals surface area (Å²) in [4.78, 5) is 11.9. The van der Waals surface area contributed by atoms with Crippen molar-refractivity contribution in [3.8, 4) is 0 Å². The second-order valence-corrected chi connectivity index (χ2v) is 6.53. The Hall–Kier alpha value is -0.700. The maximum atomic E-state index is 11.9. The number of allylic oxidation sites excluding steroid dienone is 1. The number of hydrogen-bond donors (Lipinski definition) is 1. The molecule has 0 bridgehead atoms. The molecule has 1 aliphatic rings. The van der Waals surface area contributed by atoms with Crippen LogP contribution in [0.1, 0.15) is 39.0 Å². The van der Waals surface area contributed by atoms with Gasteiger partial charge in [0, 0.05) is 13.0 Å². The highest BCUT2D eigenvalue weighted by Crippen LogP contribution is 2.32. The molecule has 0 unspecified atom stereocenters. The van der Waals surface area contributed by atoms with Gasteiger partial charge in [0.2, 0.25) is 0 Å². The van der Waals surface area contributed by atoms with Crippen LogP contribution in [-0.4, -0.2) is 12.3 Å². The molecule has 114 valence electrons. The minimum Gasteiger partial charge on any atom is -0.383 e. The van der Waals surface area contributed by atoms with Crippen LogP contribution < -0.4 is 5.32 Å². The summed E-state index contributed by atoms with van der Waals surface area (Å²) in [7, 11) is 0. The van der Waals surface area contributed by atoms with Crippen LogP contribution >= 0.6 is 34.8 Å². The van der Waals surface area contributed by atoms with Crippen LogP contribution in [-0.2, 0) is 4.79 Å². The van der Waals surface area contributed by atoms with Gasteiger partial charge in [0.25, 0.3) is 0 Å². The zero-order valence-corrected chi connectivity index (χ0v) is 14.2. The molecule has 2 rings (SSSR count). The molecule has 0 radical (unpaired) electrons. The average Bonchev–Trinajstić information content (AvgIpc) is 2.44. The number of hydrogen-bond acceptors (Lipinski definition) is 2. The smallest absolute Gasteiger partial charge is 0.158 e. The number of carbonyl (C=O) groups excluding carboxylic acids is 1. The van der Waals surface area contributed by atoms with Gasteiger partial charge in [-0.2, -0.15) is 0 Å². The van der Waals surface area contributed by atoms with Gasteiger partial charge in [0.15, 0.2) is 5.78 Å². The number of nitrogens with one attached hydrogen (secondary N) is 1. The number of rotatable bonds is 4. The molecule has 1 fully saturated rings. The van der Waals surface area contributed by atoms with Crippen LogP contribution in [0.15, 0.2) is 23.3 Å². The third-order valence-corrected chi connectivity index (χ3v) is 4.79. The van der Waals surface area contributed by atoms with E-state index in [1.807, 2.05) is 6.92 Å². The summed E-state index contributed by atoms with van der Waals surface area (Å²) in [5, 5.41) is 4.71. The second kappa shape index (κ2) is 7.53. The number of halogens is 3. The monoisotopic (exact) mass is 345 g/mol. The van der Waals surface area contributed by atoms with Crippen molar-refractivity contribution in [2.24, 2.45) is 0 Å². The number of ketones is 1. The molecule has 0 amide bonds. The lowest BCUT2D eigenvalue weighted by atomic mass is 9.89. The lowest BCUT2D eigenvalue weighted by molar-refractivity contribution is -0.116. The van der Waals surface area contributed by atoms with Gasteiger partial charge < -0.3 is 5.32 Å². The maximum absolute atomic E-state index is 11.9. The zero-order chi connectivity index (χ0) is 15.4. The van der Waals surface area contributed by atoms with Crippen LogP contribution in [0.25, 0.3) is 0 Å². The highest BCUT2D eigenvalue weighted by molar-refractivity contribution is 6.44. The molecular weight excluding hydrogens is 329 g/mol. The van der Waals surface area contributed by atoms with E-state index in [2.05, 4.69) is 5.32 Å². The van der Waals surface area contributed by atoms with Crippen molar-refractivity contribution < 1.29 is 4.79 Å². The molecule has 2 nitrogen and oxygen atoms in total. The molecule has 1 aromatic carbocycles. The Balaban J connectivity index is 1.96. The van der Waals surface area contributed by atoms with E-state index >= 15 is 0 Å². The maximum Gasteiger partial charge on any atom is 0.158 e. The molecule has 1 aliphatic carbocycles. The summed E-state index contributed by atoms with van der Waals surface area (Å²) in [6.45, 7) is 2.75. The Kier molecular flexibility index (Phi) is 5.98. The minimum absolute atomic E-state index is 0.311. The predicted octanol–water partition coefficient (Wildman–Crippen LogP) is 5.91. The van der Waals surface area contributed by atoms with Gasteiger partial charge in [-0.05, 0) is 50.3 Å². The SMILES string of the molecule is CC(CCNc1cc(Cl)c(Cl)cc1Cl)=C1CCCCC1=O. The number of Topliss-reactive ketones (excluding diaryl/α,β-unsaturated/α-hetero) is 1. The van der Waals surface area contributed by atoms with Crippen molar-refractivity contribution in [3.63, 3.8) is 0 Å². The summed E-state index contributed by atoms with van der Waals surface area (Å²) in [6, 6.07) is 3.35. The van der Waals surface area contributed by atoms with Crippen LogP contribution in [0.4, 0.5) is 5.69 Å². The molecule has 1 aromatic rings. The Morgan fingerprint density at radius 2 is 1.76 bits per heavy atom. The van der Waals surface area contributed by atoms with Gasteiger partial charge in [0.1, 0.15) is 0 Å². The summed E-state index contributed by atoms with van der Waals surface area (Å²) < 4.78 is 0. The molecule has 0 aliphatic heterocycles. The van der Waals surface area contributed by atoms with Crippen LogP contribution in [0, 0.1) is 0 Å². The lowest BCUT2D eigenvalue weighted by Gasteiger charge is -2.17. The molecule has 0 spiro atoms. The summed E-state index contributed by atoms with van der Waals surface area (Å²) in [6.07, 6.45) is 4.56. The van der Waals surface area contributed by atoms with Gasteiger partial charge in [-0.3, -0.25) is 4.79 Å². The molecule has 0 aromatic heterocycles. The van der Waals surface area contributed by atoms with Crippen molar-refractivity contribution in [1.29, 1.82) is 0 Å². The van der Waals surface area contributed by atoms with E-state index in [1.54, 1.807) is 12.1 Å². The first-order valence-electron chi connectivity index (χ1n) is 7.09. The first-order valence-corrected chi connectivity index (χ1v) is 8.22. The van der Waals surface area contributed by atoms with E-state index in [-0.39, 0.29) is 0 Å². The van der Waals surface area contributed by atoms with Crippen molar-refractivity contribution in [2.75, 3.05) is 11.9 Å². The van der Waals surface area contributed by atoms with Gasteiger partial charge in [0.05, 0.1) is 20.8 Å². The van der Waals surface area contributed by atoms with E-state index in [0.717, 1.165) is 36.9 Å². The van der Waals surface area contributed by atoms with Gasteiger partial charge in [-0.25, -0.2) is 0 Å². The highest BCUT2D eigenvalue weighted by Gasteiger charge is 2.17. The van der Waals surface area contributed by atoms with Gasteiger partial charge in [-0.15, -0.1) is 0 Å². The van der Waals surface area contributed by atoms with Crippen molar-refractivity contribution in [3.05, 3.63) is 38.3 Å². The molecule has 0 atom stereocenters. The topological polar surface area (TPSA) is 29.1 Å². The second-order valence-electron chi connectivity index (χ2n) is 5.31. The largest absolute Gasteiger partial charge is 0.383 e. The minimum atomic E-state index is 0.311. The van der Waals surface area contributed by atoms with E-state index in [4.69, 9.17) is 34.8 Å². The third-order valence-electron chi connectivity index (χ3n) is 3.76. The third kappa shape index (κ3) is 4.38. The van der Waals surface area contributed by atoms with Crippen molar-refractivity contribution in [1.82, 2.24) is 0 Å². The Labute approximate surface area is 140 Å². The highest BCUT2D eigenvalue weighted by atomic mass is 35.5. The molecule has 1 saturated carbocycles. The van der Waals surface area contributed by atoms with E-state index < -0.39 is 0 Å². The van der Waals surface area contributed by atoms with E-state index in [0.29, 0.717) is 33.8 Å². The fourth-order valence-electron chi connectivity index (χ4n) is 2.52. The number of anilines is 1. The zero-order valence-electron chi connectivity index (χ0n) is 11.9.